The fourth-order valence-electron chi connectivity index (χ4n) is 3.24. The zero-order valence-electron chi connectivity index (χ0n) is 9.91. The van der Waals surface area contributed by atoms with Crippen molar-refractivity contribution in [2.24, 2.45) is 5.92 Å². The zero-order valence-corrected chi connectivity index (χ0v) is 9.91. The minimum Gasteiger partial charge on any atom is -0.392 e. The van der Waals surface area contributed by atoms with Crippen LogP contribution in [0.2, 0.25) is 0 Å². The predicted molar refractivity (Wildman–Crippen MR) is 62.8 cm³/mol. The van der Waals surface area contributed by atoms with Crippen LogP contribution in [0.1, 0.15) is 58.3 Å². The summed E-state index contributed by atoms with van der Waals surface area (Å²) in [4.78, 5) is 0. The van der Waals surface area contributed by atoms with Gasteiger partial charge in [0.05, 0.1) is 6.10 Å². The molecule has 0 saturated heterocycles. The van der Waals surface area contributed by atoms with Gasteiger partial charge in [0.2, 0.25) is 0 Å². The lowest BCUT2D eigenvalue weighted by molar-refractivity contribution is 0.0814. The number of aliphatic hydroxyl groups is 1. The Morgan fingerprint density at radius 3 is 2.27 bits per heavy atom. The second kappa shape index (κ2) is 5.31. The highest BCUT2D eigenvalue weighted by atomic mass is 16.3. The van der Waals surface area contributed by atoms with Gasteiger partial charge in [0.25, 0.3) is 0 Å². The Kier molecular flexibility index (Phi) is 4.04. The largest absolute Gasteiger partial charge is 0.392 e. The number of hydrogen-bond acceptors (Lipinski definition) is 2. The molecule has 0 spiro atoms. The van der Waals surface area contributed by atoms with E-state index in [1.54, 1.807) is 0 Å². The Morgan fingerprint density at radius 1 is 1.00 bits per heavy atom. The summed E-state index contributed by atoms with van der Waals surface area (Å²) in [6.45, 7) is 2.30. The molecule has 2 fully saturated rings. The van der Waals surface area contributed by atoms with Crippen molar-refractivity contribution in [3.05, 3.63) is 0 Å². The first kappa shape index (κ1) is 11.4. The normalized spacial score (nSPS) is 35.6. The molecule has 0 bridgehead atoms. The van der Waals surface area contributed by atoms with Crippen molar-refractivity contribution in [2.45, 2.75) is 76.5 Å². The van der Waals surface area contributed by atoms with Crippen LogP contribution in [0.5, 0.6) is 0 Å². The molecule has 2 N–H and O–H groups in total. The van der Waals surface area contributed by atoms with Crippen LogP contribution in [0, 0.1) is 5.92 Å². The molecule has 0 unspecified atom stereocenters. The molecule has 2 aliphatic rings. The van der Waals surface area contributed by atoms with Crippen molar-refractivity contribution < 1.29 is 5.11 Å². The maximum Gasteiger partial charge on any atom is 0.0693 e. The second-order valence-corrected chi connectivity index (χ2v) is 5.46. The molecule has 15 heavy (non-hydrogen) atoms. The van der Waals surface area contributed by atoms with Crippen LogP contribution in [0.4, 0.5) is 0 Å². The molecule has 0 radical (unpaired) electrons. The van der Waals surface area contributed by atoms with E-state index in [-0.39, 0.29) is 6.10 Å². The monoisotopic (exact) mass is 211 g/mol. The standard InChI is InChI=1S/C13H25NO/c1-10(11-6-2-3-7-11)14-12-8-4-5-9-13(12)15/h10-15H,2-9H2,1H3/t10-,12+,13+/m1/s1. The van der Waals surface area contributed by atoms with Gasteiger partial charge in [0.1, 0.15) is 0 Å². The lowest BCUT2D eigenvalue weighted by Gasteiger charge is -2.33. The fraction of sp³-hybridized carbons (Fsp3) is 1.00. The minimum atomic E-state index is -0.0948. The first-order chi connectivity index (χ1) is 7.27. The summed E-state index contributed by atoms with van der Waals surface area (Å²) >= 11 is 0. The van der Waals surface area contributed by atoms with E-state index in [0.29, 0.717) is 12.1 Å². The molecule has 2 aliphatic carbocycles. The Labute approximate surface area is 93.5 Å². The van der Waals surface area contributed by atoms with E-state index >= 15 is 0 Å². The van der Waals surface area contributed by atoms with Crippen molar-refractivity contribution >= 4 is 0 Å². The van der Waals surface area contributed by atoms with E-state index in [1.807, 2.05) is 0 Å². The highest BCUT2D eigenvalue weighted by Gasteiger charge is 2.28. The summed E-state index contributed by atoms with van der Waals surface area (Å²) in [5, 5.41) is 13.6. The Morgan fingerprint density at radius 2 is 1.60 bits per heavy atom. The van der Waals surface area contributed by atoms with Gasteiger partial charge < -0.3 is 10.4 Å². The molecule has 0 aromatic rings. The molecule has 0 aromatic carbocycles. The molecule has 0 aliphatic heterocycles. The number of rotatable bonds is 3. The predicted octanol–water partition coefficient (Wildman–Crippen LogP) is 2.46. The Bertz CT molecular complexity index is 189. The number of hydrogen-bond donors (Lipinski definition) is 2. The summed E-state index contributed by atoms with van der Waals surface area (Å²) in [5.41, 5.74) is 0. The molecule has 0 heterocycles. The van der Waals surface area contributed by atoms with Crippen LogP contribution in [0.3, 0.4) is 0 Å². The maximum absolute atomic E-state index is 9.90. The van der Waals surface area contributed by atoms with Crippen molar-refractivity contribution in [3.8, 4) is 0 Å². The molecule has 2 nitrogen and oxygen atoms in total. The van der Waals surface area contributed by atoms with Crippen LogP contribution >= 0.6 is 0 Å². The third kappa shape index (κ3) is 2.94. The van der Waals surface area contributed by atoms with E-state index in [0.717, 1.165) is 18.8 Å². The van der Waals surface area contributed by atoms with Crippen LogP contribution in [-0.2, 0) is 0 Å². The molecule has 3 atom stereocenters. The Balaban J connectivity index is 1.78. The van der Waals surface area contributed by atoms with Gasteiger partial charge in [-0.15, -0.1) is 0 Å². The van der Waals surface area contributed by atoms with Crippen LogP contribution in [0.15, 0.2) is 0 Å². The van der Waals surface area contributed by atoms with E-state index in [2.05, 4.69) is 12.2 Å². The minimum absolute atomic E-state index is 0.0948. The highest BCUT2D eigenvalue weighted by Crippen LogP contribution is 2.28. The third-order valence-electron chi connectivity index (χ3n) is 4.31. The quantitative estimate of drug-likeness (QED) is 0.751. The molecular formula is C13H25NO. The summed E-state index contributed by atoms with van der Waals surface area (Å²) in [6.07, 6.45) is 10.1. The highest BCUT2D eigenvalue weighted by molar-refractivity contribution is 4.86. The van der Waals surface area contributed by atoms with E-state index in [4.69, 9.17) is 0 Å². The molecule has 2 saturated carbocycles. The van der Waals surface area contributed by atoms with Crippen molar-refractivity contribution in [3.63, 3.8) is 0 Å². The maximum atomic E-state index is 9.90. The van der Waals surface area contributed by atoms with E-state index in [1.165, 1.54) is 38.5 Å². The molecule has 0 amide bonds. The van der Waals surface area contributed by atoms with Gasteiger partial charge in [-0.3, -0.25) is 0 Å². The van der Waals surface area contributed by atoms with E-state index < -0.39 is 0 Å². The van der Waals surface area contributed by atoms with Gasteiger partial charge in [0.15, 0.2) is 0 Å². The SMILES string of the molecule is C[C@@H](N[C@H]1CCCC[C@@H]1O)C1CCCC1. The summed E-state index contributed by atoms with van der Waals surface area (Å²) in [5.74, 6) is 0.860. The zero-order chi connectivity index (χ0) is 10.7. The average molecular weight is 211 g/mol. The smallest absolute Gasteiger partial charge is 0.0693 e. The Hall–Kier alpha value is -0.0800. The van der Waals surface area contributed by atoms with Crippen LogP contribution in [-0.4, -0.2) is 23.3 Å². The van der Waals surface area contributed by atoms with Gasteiger partial charge >= 0.3 is 0 Å². The fourth-order valence-corrected chi connectivity index (χ4v) is 3.24. The third-order valence-corrected chi connectivity index (χ3v) is 4.31. The number of nitrogens with one attached hydrogen (secondary N) is 1. The van der Waals surface area contributed by atoms with Crippen LogP contribution in [0.25, 0.3) is 0 Å². The molecule has 0 aromatic heterocycles. The van der Waals surface area contributed by atoms with Gasteiger partial charge in [-0.05, 0) is 38.5 Å². The van der Waals surface area contributed by atoms with Gasteiger partial charge in [-0.25, -0.2) is 0 Å². The lowest BCUT2D eigenvalue weighted by atomic mass is 9.90. The van der Waals surface area contributed by atoms with Crippen molar-refractivity contribution in [1.82, 2.24) is 5.32 Å². The second-order valence-electron chi connectivity index (χ2n) is 5.46. The molecule has 88 valence electrons. The van der Waals surface area contributed by atoms with E-state index in [9.17, 15) is 5.11 Å². The average Bonchev–Trinajstić information content (AvgIpc) is 2.74. The summed E-state index contributed by atoms with van der Waals surface area (Å²) in [7, 11) is 0. The summed E-state index contributed by atoms with van der Waals surface area (Å²) in [6, 6.07) is 0.972. The van der Waals surface area contributed by atoms with Gasteiger partial charge in [0, 0.05) is 12.1 Å². The molecular weight excluding hydrogens is 186 g/mol. The van der Waals surface area contributed by atoms with Crippen LogP contribution < -0.4 is 5.32 Å². The lowest BCUT2D eigenvalue weighted by Crippen LogP contribution is -2.48. The first-order valence-corrected chi connectivity index (χ1v) is 6.71. The van der Waals surface area contributed by atoms with Crippen molar-refractivity contribution in [2.75, 3.05) is 0 Å². The topological polar surface area (TPSA) is 32.3 Å². The van der Waals surface area contributed by atoms with Gasteiger partial charge in [-0.2, -0.15) is 0 Å². The van der Waals surface area contributed by atoms with Gasteiger partial charge in [-0.1, -0.05) is 25.7 Å². The van der Waals surface area contributed by atoms with Crippen molar-refractivity contribution in [1.29, 1.82) is 0 Å². The first-order valence-electron chi connectivity index (χ1n) is 6.71. The molecule has 2 heteroatoms. The summed E-state index contributed by atoms with van der Waals surface area (Å²) < 4.78 is 0. The molecule has 2 rings (SSSR count). The number of aliphatic hydroxyl groups excluding tert-OH is 1.